The molecule has 124 valence electrons. The predicted molar refractivity (Wildman–Crippen MR) is 95.6 cm³/mol. The molecule has 0 aliphatic heterocycles. The molecule has 0 aliphatic carbocycles. The van der Waals surface area contributed by atoms with Gasteiger partial charge in [0.2, 0.25) is 0 Å². The summed E-state index contributed by atoms with van der Waals surface area (Å²) in [6.45, 7) is 10.3. The number of benzene rings is 1. The third kappa shape index (κ3) is 3.15. The average Bonchev–Trinajstić information content (AvgIpc) is 2.87. The summed E-state index contributed by atoms with van der Waals surface area (Å²) >= 11 is 0. The highest BCUT2D eigenvalue weighted by atomic mass is 16.1. The molecule has 0 atom stereocenters. The molecule has 0 fully saturated rings. The van der Waals surface area contributed by atoms with Gasteiger partial charge in [-0.1, -0.05) is 32.9 Å². The molecule has 2 aromatic heterocycles. The summed E-state index contributed by atoms with van der Waals surface area (Å²) in [4.78, 5) is 16.8. The third-order valence-corrected chi connectivity index (χ3v) is 3.99. The molecule has 0 unspecified atom stereocenters. The molecule has 1 N–H and O–H groups in total. The second-order valence-corrected chi connectivity index (χ2v) is 7.12. The van der Waals surface area contributed by atoms with Crippen molar-refractivity contribution in [2.24, 2.45) is 0 Å². The monoisotopic (exact) mass is 322 g/mol. The number of fused-ring (bicyclic) bond motifs is 1. The summed E-state index contributed by atoms with van der Waals surface area (Å²) in [6, 6.07) is 9.64. The lowest BCUT2D eigenvalue weighted by molar-refractivity contribution is 0.102. The molecule has 2 heterocycles. The van der Waals surface area contributed by atoms with Crippen LogP contribution >= 0.6 is 0 Å². The number of nitrogens with one attached hydrogen (secondary N) is 1. The molecule has 1 amide bonds. The Labute approximate surface area is 141 Å². The molecule has 0 aliphatic rings. The van der Waals surface area contributed by atoms with Gasteiger partial charge in [0.1, 0.15) is 5.82 Å². The Morgan fingerprint density at radius 3 is 2.42 bits per heavy atom. The number of anilines is 1. The molecule has 0 spiro atoms. The molecule has 5 nitrogen and oxygen atoms in total. The van der Waals surface area contributed by atoms with Crippen LogP contribution in [0.4, 0.5) is 5.69 Å². The first-order valence-corrected chi connectivity index (χ1v) is 7.99. The first kappa shape index (κ1) is 16.2. The zero-order valence-corrected chi connectivity index (χ0v) is 14.7. The van der Waals surface area contributed by atoms with E-state index in [0.717, 1.165) is 11.2 Å². The lowest BCUT2D eigenvalue weighted by atomic mass is 9.87. The van der Waals surface area contributed by atoms with Gasteiger partial charge in [-0.15, -0.1) is 0 Å². The molecule has 0 bridgehead atoms. The van der Waals surface area contributed by atoms with Crippen LogP contribution in [0.1, 0.15) is 48.1 Å². The minimum absolute atomic E-state index is 0.0715. The van der Waals surface area contributed by atoms with E-state index in [0.29, 0.717) is 17.1 Å². The van der Waals surface area contributed by atoms with E-state index in [2.05, 4.69) is 36.2 Å². The SMILES string of the molecule is Cc1nc2c(C)cc(NC(=O)c3ccc(C(C)(C)C)cc3)cn2n1. The molecule has 0 radical (unpaired) electrons. The number of aryl methyl sites for hydroxylation is 2. The Kier molecular flexibility index (Phi) is 3.87. The van der Waals surface area contributed by atoms with Crippen LogP contribution in [0.15, 0.2) is 36.5 Å². The van der Waals surface area contributed by atoms with Crippen molar-refractivity contribution < 1.29 is 4.79 Å². The predicted octanol–water partition coefficient (Wildman–Crippen LogP) is 3.90. The van der Waals surface area contributed by atoms with E-state index in [-0.39, 0.29) is 11.3 Å². The van der Waals surface area contributed by atoms with Crippen LogP contribution in [0, 0.1) is 13.8 Å². The smallest absolute Gasteiger partial charge is 0.255 e. The number of pyridine rings is 1. The Hall–Kier alpha value is -2.69. The van der Waals surface area contributed by atoms with Gasteiger partial charge >= 0.3 is 0 Å². The van der Waals surface area contributed by atoms with Gasteiger partial charge in [-0.3, -0.25) is 4.79 Å². The molecular formula is C19H22N4O. The van der Waals surface area contributed by atoms with Crippen molar-refractivity contribution >= 4 is 17.2 Å². The topological polar surface area (TPSA) is 59.3 Å². The van der Waals surface area contributed by atoms with Crippen LogP contribution in [0.2, 0.25) is 0 Å². The number of carbonyl (C=O) groups is 1. The first-order valence-electron chi connectivity index (χ1n) is 7.99. The molecule has 3 rings (SSSR count). The summed E-state index contributed by atoms with van der Waals surface area (Å²) in [5.41, 5.74) is 4.39. The number of hydrogen-bond donors (Lipinski definition) is 1. The lowest BCUT2D eigenvalue weighted by Gasteiger charge is -2.19. The van der Waals surface area contributed by atoms with E-state index in [4.69, 9.17) is 0 Å². The third-order valence-electron chi connectivity index (χ3n) is 3.99. The largest absolute Gasteiger partial charge is 0.321 e. The summed E-state index contributed by atoms with van der Waals surface area (Å²) in [5, 5.41) is 7.24. The zero-order chi connectivity index (χ0) is 17.5. The van der Waals surface area contributed by atoms with E-state index in [9.17, 15) is 4.79 Å². The molecule has 5 heteroatoms. The molecule has 3 aromatic rings. The van der Waals surface area contributed by atoms with E-state index in [1.807, 2.05) is 44.2 Å². The van der Waals surface area contributed by atoms with Gasteiger partial charge in [-0.05, 0) is 48.6 Å². The van der Waals surface area contributed by atoms with Crippen molar-refractivity contribution in [1.29, 1.82) is 0 Å². The Morgan fingerprint density at radius 1 is 1.12 bits per heavy atom. The minimum Gasteiger partial charge on any atom is -0.321 e. The van der Waals surface area contributed by atoms with Gasteiger partial charge in [-0.2, -0.15) is 5.10 Å². The number of amides is 1. The van der Waals surface area contributed by atoms with Crippen LogP contribution in [0.3, 0.4) is 0 Å². The van der Waals surface area contributed by atoms with Gasteiger partial charge in [-0.25, -0.2) is 9.50 Å². The molecule has 24 heavy (non-hydrogen) atoms. The van der Waals surface area contributed by atoms with Gasteiger partial charge in [0.25, 0.3) is 5.91 Å². The summed E-state index contributed by atoms with van der Waals surface area (Å²) in [6.07, 6.45) is 1.78. The summed E-state index contributed by atoms with van der Waals surface area (Å²) < 4.78 is 1.70. The maximum Gasteiger partial charge on any atom is 0.255 e. The van der Waals surface area contributed by atoms with Crippen molar-refractivity contribution in [1.82, 2.24) is 14.6 Å². The highest BCUT2D eigenvalue weighted by Crippen LogP contribution is 2.22. The van der Waals surface area contributed by atoms with E-state index < -0.39 is 0 Å². The standard InChI is InChI=1S/C19H22N4O/c1-12-10-16(11-23-17(12)20-13(2)22-23)21-18(24)14-6-8-15(9-7-14)19(3,4)5/h6-11H,1-5H3,(H,21,24). The maximum atomic E-state index is 12.5. The van der Waals surface area contributed by atoms with Crippen LogP contribution < -0.4 is 5.32 Å². The highest BCUT2D eigenvalue weighted by Gasteiger charge is 2.15. The van der Waals surface area contributed by atoms with Gasteiger partial charge < -0.3 is 5.32 Å². The summed E-state index contributed by atoms with van der Waals surface area (Å²) in [5.74, 6) is 0.574. The first-order chi connectivity index (χ1) is 11.2. The van der Waals surface area contributed by atoms with E-state index >= 15 is 0 Å². The fraction of sp³-hybridized carbons (Fsp3) is 0.316. The lowest BCUT2D eigenvalue weighted by Crippen LogP contribution is -2.14. The van der Waals surface area contributed by atoms with Crippen LogP contribution in [-0.2, 0) is 5.41 Å². The Morgan fingerprint density at radius 2 is 1.79 bits per heavy atom. The number of nitrogens with zero attached hydrogens (tertiary/aromatic N) is 3. The van der Waals surface area contributed by atoms with Crippen LogP contribution in [0.5, 0.6) is 0 Å². The van der Waals surface area contributed by atoms with Crippen molar-refractivity contribution in [3.8, 4) is 0 Å². The fourth-order valence-electron chi connectivity index (χ4n) is 2.65. The van der Waals surface area contributed by atoms with Gasteiger partial charge in [0, 0.05) is 5.56 Å². The average molecular weight is 322 g/mol. The van der Waals surface area contributed by atoms with E-state index in [1.165, 1.54) is 5.56 Å². The number of carbonyl (C=O) groups excluding carboxylic acids is 1. The maximum absolute atomic E-state index is 12.5. The zero-order valence-electron chi connectivity index (χ0n) is 14.7. The summed E-state index contributed by atoms with van der Waals surface area (Å²) in [7, 11) is 0. The Balaban J connectivity index is 1.84. The normalized spacial score (nSPS) is 11.7. The molecule has 0 saturated heterocycles. The van der Waals surface area contributed by atoms with Gasteiger partial charge in [0.15, 0.2) is 5.65 Å². The molecular weight excluding hydrogens is 300 g/mol. The minimum atomic E-state index is -0.133. The Bertz CT molecular complexity index is 902. The molecule has 0 saturated carbocycles. The van der Waals surface area contributed by atoms with E-state index in [1.54, 1.807) is 10.7 Å². The van der Waals surface area contributed by atoms with Crippen molar-refractivity contribution in [2.75, 3.05) is 5.32 Å². The van der Waals surface area contributed by atoms with Gasteiger partial charge in [0.05, 0.1) is 11.9 Å². The quantitative estimate of drug-likeness (QED) is 0.778. The van der Waals surface area contributed by atoms with Crippen LogP contribution in [-0.4, -0.2) is 20.5 Å². The second-order valence-electron chi connectivity index (χ2n) is 7.12. The molecule has 1 aromatic carbocycles. The van der Waals surface area contributed by atoms with Crippen molar-refractivity contribution in [3.05, 3.63) is 59.0 Å². The second kappa shape index (κ2) is 5.74. The number of rotatable bonds is 2. The number of aromatic nitrogens is 3. The van der Waals surface area contributed by atoms with Crippen molar-refractivity contribution in [3.63, 3.8) is 0 Å². The highest BCUT2D eigenvalue weighted by molar-refractivity contribution is 6.04. The van der Waals surface area contributed by atoms with Crippen molar-refractivity contribution in [2.45, 2.75) is 40.0 Å². The van der Waals surface area contributed by atoms with Crippen LogP contribution in [0.25, 0.3) is 5.65 Å². The number of hydrogen-bond acceptors (Lipinski definition) is 3. The fourth-order valence-corrected chi connectivity index (χ4v) is 2.65.